The molecular formula is C21H23N3O2S2. The Labute approximate surface area is 174 Å². The number of thioether (sulfide) groups is 1. The number of hydrogen-bond acceptors (Lipinski definition) is 4. The van der Waals surface area contributed by atoms with E-state index in [1.165, 1.54) is 23.1 Å². The number of nitrogens with zero attached hydrogens (tertiary/aromatic N) is 3. The Balaban J connectivity index is 1.66. The van der Waals surface area contributed by atoms with Gasteiger partial charge in [0.15, 0.2) is 0 Å². The standard InChI is InChI=1S/C21H23N3O2S2/c1-14-7-5-6-10-24(14)19(25)13-23-12-15(16-8-3-4-9-17(16)23)11-18-20(26)22(2)21(27)28-18/h3-4,8-9,11-12,14H,5-7,10,13H2,1-2H3/b18-11-/t14-/m0/s1. The summed E-state index contributed by atoms with van der Waals surface area (Å²) in [7, 11) is 1.69. The molecule has 2 amide bonds. The van der Waals surface area contributed by atoms with Crippen molar-refractivity contribution in [2.45, 2.75) is 38.8 Å². The van der Waals surface area contributed by atoms with Crippen LogP contribution < -0.4 is 0 Å². The van der Waals surface area contributed by atoms with E-state index in [2.05, 4.69) is 6.92 Å². The molecule has 0 N–H and O–H groups in total. The van der Waals surface area contributed by atoms with Crippen LogP contribution in [0.3, 0.4) is 0 Å². The molecular weight excluding hydrogens is 390 g/mol. The Kier molecular flexibility index (Phi) is 5.29. The molecule has 2 fully saturated rings. The molecule has 2 aromatic rings. The third kappa shape index (κ3) is 3.49. The number of carbonyl (C=O) groups excluding carboxylic acids is 2. The zero-order valence-corrected chi connectivity index (χ0v) is 17.7. The van der Waals surface area contributed by atoms with E-state index in [0.717, 1.165) is 35.9 Å². The first kappa shape index (κ1) is 19.2. The molecule has 5 nitrogen and oxygen atoms in total. The molecule has 1 aromatic carbocycles. The quantitative estimate of drug-likeness (QED) is 0.566. The van der Waals surface area contributed by atoms with E-state index in [1.54, 1.807) is 7.05 Å². The van der Waals surface area contributed by atoms with Crippen molar-refractivity contribution in [2.24, 2.45) is 0 Å². The van der Waals surface area contributed by atoms with Gasteiger partial charge >= 0.3 is 0 Å². The van der Waals surface area contributed by atoms with Crippen molar-refractivity contribution in [1.29, 1.82) is 0 Å². The molecule has 0 unspecified atom stereocenters. The Morgan fingerprint density at radius 2 is 2.11 bits per heavy atom. The first-order valence-electron chi connectivity index (χ1n) is 9.54. The summed E-state index contributed by atoms with van der Waals surface area (Å²) in [6.07, 6.45) is 7.20. The Hall–Kier alpha value is -2.12. The van der Waals surface area contributed by atoms with Crippen LogP contribution in [0.15, 0.2) is 35.4 Å². The van der Waals surface area contributed by atoms with Gasteiger partial charge in [-0.05, 0) is 38.3 Å². The highest BCUT2D eigenvalue weighted by molar-refractivity contribution is 8.26. The second-order valence-corrected chi connectivity index (χ2v) is 9.08. The van der Waals surface area contributed by atoms with Crippen molar-refractivity contribution < 1.29 is 9.59 Å². The fourth-order valence-electron chi connectivity index (χ4n) is 3.91. The lowest BCUT2D eigenvalue weighted by atomic mass is 10.0. The number of thiocarbonyl (C=S) groups is 1. The van der Waals surface area contributed by atoms with E-state index < -0.39 is 0 Å². The third-order valence-corrected chi connectivity index (χ3v) is 7.01. The predicted molar refractivity (Wildman–Crippen MR) is 118 cm³/mol. The lowest BCUT2D eigenvalue weighted by Gasteiger charge is -2.33. The average molecular weight is 414 g/mol. The molecule has 0 aliphatic carbocycles. The van der Waals surface area contributed by atoms with Crippen LogP contribution >= 0.6 is 24.0 Å². The molecule has 28 heavy (non-hydrogen) atoms. The third-order valence-electron chi connectivity index (χ3n) is 5.52. The van der Waals surface area contributed by atoms with E-state index in [1.807, 2.05) is 46.0 Å². The predicted octanol–water partition coefficient (Wildman–Crippen LogP) is 3.87. The fourth-order valence-corrected chi connectivity index (χ4v) is 5.08. The number of carbonyl (C=O) groups is 2. The highest BCUT2D eigenvalue weighted by Gasteiger charge is 2.29. The second kappa shape index (κ2) is 7.72. The van der Waals surface area contributed by atoms with Crippen LogP contribution in [-0.2, 0) is 16.1 Å². The van der Waals surface area contributed by atoms with Crippen molar-refractivity contribution in [3.63, 3.8) is 0 Å². The zero-order chi connectivity index (χ0) is 19.8. The maximum absolute atomic E-state index is 12.9. The second-order valence-electron chi connectivity index (χ2n) is 7.40. The number of hydrogen-bond donors (Lipinski definition) is 0. The van der Waals surface area contributed by atoms with Crippen LogP contribution in [0.25, 0.3) is 17.0 Å². The Morgan fingerprint density at radius 1 is 1.32 bits per heavy atom. The summed E-state index contributed by atoms with van der Waals surface area (Å²) < 4.78 is 2.56. The molecule has 0 saturated carbocycles. The van der Waals surface area contributed by atoms with Crippen molar-refractivity contribution in [1.82, 2.24) is 14.4 Å². The van der Waals surface area contributed by atoms with Crippen molar-refractivity contribution in [3.8, 4) is 0 Å². The fraction of sp³-hybridized carbons (Fsp3) is 0.381. The van der Waals surface area contributed by atoms with Gasteiger partial charge in [-0.3, -0.25) is 14.5 Å². The molecule has 146 valence electrons. The summed E-state index contributed by atoms with van der Waals surface area (Å²) in [5.41, 5.74) is 1.93. The number of likely N-dealkylation sites (N-methyl/N-ethyl adjacent to an activating group) is 1. The number of likely N-dealkylation sites (tertiary alicyclic amines) is 1. The smallest absolute Gasteiger partial charge is 0.265 e. The summed E-state index contributed by atoms with van der Waals surface area (Å²) in [4.78, 5) is 29.4. The van der Waals surface area contributed by atoms with Gasteiger partial charge in [-0.15, -0.1) is 0 Å². The van der Waals surface area contributed by atoms with E-state index in [4.69, 9.17) is 12.2 Å². The molecule has 0 spiro atoms. The number of aromatic nitrogens is 1. The number of amides is 2. The van der Waals surface area contributed by atoms with E-state index in [0.29, 0.717) is 21.8 Å². The van der Waals surface area contributed by atoms with Gasteiger partial charge in [0.25, 0.3) is 5.91 Å². The van der Waals surface area contributed by atoms with Gasteiger partial charge in [0.1, 0.15) is 10.9 Å². The van der Waals surface area contributed by atoms with Gasteiger partial charge < -0.3 is 9.47 Å². The maximum Gasteiger partial charge on any atom is 0.265 e. The monoisotopic (exact) mass is 413 g/mol. The molecule has 2 aliphatic rings. The zero-order valence-electron chi connectivity index (χ0n) is 16.1. The van der Waals surface area contributed by atoms with Crippen LogP contribution in [0.5, 0.6) is 0 Å². The summed E-state index contributed by atoms with van der Waals surface area (Å²) in [5.74, 6) is 0.0736. The topological polar surface area (TPSA) is 45.6 Å². The summed E-state index contributed by atoms with van der Waals surface area (Å²) >= 11 is 6.54. The van der Waals surface area contributed by atoms with Crippen LogP contribution in [0.2, 0.25) is 0 Å². The van der Waals surface area contributed by atoms with Gasteiger partial charge in [-0.1, -0.05) is 42.2 Å². The minimum Gasteiger partial charge on any atom is -0.338 e. The maximum atomic E-state index is 12.9. The minimum absolute atomic E-state index is 0.0787. The average Bonchev–Trinajstić information content (AvgIpc) is 3.15. The van der Waals surface area contributed by atoms with Crippen molar-refractivity contribution >= 4 is 57.1 Å². The highest BCUT2D eigenvalue weighted by atomic mass is 32.2. The lowest BCUT2D eigenvalue weighted by Crippen LogP contribution is -2.43. The molecule has 2 aliphatic heterocycles. The van der Waals surface area contributed by atoms with Gasteiger partial charge in [-0.2, -0.15) is 0 Å². The van der Waals surface area contributed by atoms with Crippen LogP contribution in [-0.4, -0.2) is 50.1 Å². The lowest BCUT2D eigenvalue weighted by molar-refractivity contribution is -0.135. The Morgan fingerprint density at radius 3 is 2.82 bits per heavy atom. The van der Waals surface area contributed by atoms with E-state index in [9.17, 15) is 9.59 Å². The van der Waals surface area contributed by atoms with Gasteiger partial charge in [0, 0.05) is 42.3 Å². The molecule has 7 heteroatoms. The first-order chi connectivity index (χ1) is 13.5. The molecule has 0 bridgehead atoms. The molecule has 3 heterocycles. The van der Waals surface area contributed by atoms with E-state index in [-0.39, 0.29) is 11.8 Å². The molecule has 4 rings (SSSR count). The number of rotatable bonds is 3. The number of para-hydroxylation sites is 1. The summed E-state index contributed by atoms with van der Waals surface area (Å²) in [6.45, 7) is 3.28. The van der Waals surface area contributed by atoms with Crippen LogP contribution in [0, 0.1) is 0 Å². The summed E-state index contributed by atoms with van der Waals surface area (Å²) in [6, 6.07) is 8.29. The Bertz CT molecular complexity index is 995. The van der Waals surface area contributed by atoms with Gasteiger partial charge in [-0.25, -0.2) is 0 Å². The number of fused-ring (bicyclic) bond motifs is 1. The van der Waals surface area contributed by atoms with Crippen LogP contribution in [0.1, 0.15) is 31.7 Å². The molecule has 1 aromatic heterocycles. The van der Waals surface area contributed by atoms with Crippen LogP contribution in [0.4, 0.5) is 0 Å². The summed E-state index contributed by atoms with van der Waals surface area (Å²) in [5, 5.41) is 1.03. The largest absolute Gasteiger partial charge is 0.338 e. The normalized spacial score (nSPS) is 21.9. The SMILES string of the molecule is C[C@H]1CCCCN1C(=O)Cn1cc(/C=C2\SC(=S)N(C)C2=O)c2ccccc21. The van der Waals surface area contributed by atoms with Crippen molar-refractivity contribution in [3.05, 3.63) is 40.9 Å². The van der Waals surface area contributed by atoms with Gasteiger partial charge in [0.2, 0.25) is 5.91 Å². The number of benzene rings is 1. The van der Waals surface area contributed by atoms with Gasteiger partial charge in [0.05, 0.1) is 4.91 Å². The highest BCUT2D eigenvalue weighted by Crippen LogP contribution is 2.33. The number of piperidine rings is 1. The van der Waals surface area contributed by atoms with Crippen molar-refractivity contribution in [2.75, 3.05) is 13.6 Å². The van der Waals surface area contributed by atoms with E-state index >= 15 is 0 Å². The minimum atomic E-state index is -0.0787. The molecule has 0 radical (unpaired) electrons. The molecule has 2 saturated heterocycles. The first-order valence-corrected chi connectivity index (χ1v) is 10.8. The molecule has 1 atom stereocenters.